The molecule has 14 heavy (non-hydrogen) atoms. The lowest BCUT2D eigenvalue weighted by Crippen LogP contribution is -2.21. The normalized spacial score (nSPS) is 11.0. The van der Waals surface area contributed by atoms with Crippen molar-refractivity contribution in [1.29, 1.82) is 0 Å². The minimum atomic E-state index is -0.645. The molecule has 0 amide bonds. The number of fused-ring (bicyclic) bond motifs is 1. The van der Waals surface area contributed by atoms with Gasteiger partial charge in [0.15, 0.2) is 0 Å². The molecule has 0 radical (unpaired) electrons. The summed E-state index contributed by atoms with van der Waals surface area (Å²) >= 11 is 1.33. The van der Waals surface area contributed by atoms with Crippen molar-refractivity contribution in [3.8, 4) is 0 Å². The molecule has 0 saturated heterocycles. The lowest BCUT2D eigenvalue weighted by molar-refractivity contribution is 0.434. The first-order chi connectivity index (χ1) is 6.63. The predicted molar refractivity (Wildman–Crippen MR) is 53.5 cm³/mol. The van der Waals surface area contributed by atoms with Crippen molar-refractivity contribution in [3.63, 3.8) is 0 Å². The van der Waals surface area contributed by atoms with Gasteiger partial charge in [0.2, 0.25) is 0 Å². The molecule has 0 aliphatic heterocycles. The summed E-state index contributed by atoms with van der Waals surface area (Å²) in [5.74, 6) is -0.645. The van der Waals surface area contributed by atoms with Gasteiger partial charge in [0.1, 0.15) is 4.83 Å². The molecule has 0 aliphatic carbocycles. The van der Waals surface area contributed by atoms with Crippen LogP contribution < -0.4 is 17.1 Å². The lowest BCUT2D eigenvalue weighted by atomic mass is 10.4. The summed E-state index contributed by atoms with van der Waals surface area (Å²) in [5, 5.41) is 0.414. The molecule has 2 heterocycles. The van der Waals surface area contributed by atoms with Crippen molar-refractivity contribution in [2.45, 2.75) is 6.54 Å². The van der Waals surface area contributed by atoms with Crippen molar-refractivity contribution in [2.24, 2.45) is 12.8 Å². The topological polar surface area (TPSA) is 78.2 Å². The summed E-state index contributed by atoms with van der Waals surface area (Å²) in [4.78, 5) is 23.8. The molecule has 6 heteroatoms. The van der Waals surface area contributed by atoms with Gasteiger partial charge in [0.25, 0.3) is 0 Å². The Bertz CT molecular complexity index is 593. The van der Waals surface area contributed by atoms with Gasteiger partial charge in [-0.3, -0.25) is 4.57 Å². The SMILES string of the molecule is Cn1c(=O)oc(=O)c2cc(CN)sc21. The second kappa shape index (κ2) is 3.07. The van der Waals surface area contributed by atoms with Gasteiger partial charge in [-0.25, -0.2) is 9.59 Å². The molecule has 2 aromatic heterocycles. The van der Waals surface area contributed by atoms with Crippen molar-refractivity contribution in [1.82, 2.24) is 4.57 Å². The molecule has 0 fully saturated rings. The molecular formula is C8H8N2O3S. The van der Waals surface area contributed by atoms with E-state index in [1.165, 1.54) is 15.9 Å². The van der Waals surface area contributed by atoms with Crippen LogP contribution in [0.15, 0.2) is 20.1 Å². The second-order valence-corrected chi connectivity index (χ2v) is 3.97. The fraction of sp³-hybridized carbons (Fsp3) is 0.250. The standard InChI is InChI=1S/C8H8N2O3S/c1-10-6-5(2-4(3-9)14-6)7(11)13-8(10)12/h2H,3,9H2,1H3. The monoisotopic (exact) mass is 212 g/mol. The van der Waals surface area contributed by atoms with Gasteiger partial charge < -0.3 is 10.2 Å². The van der Waals surface area contributed by atoms with Gasteiger partial charge in [-0.2, -0.15) is 0 Å². The number of rotatable bonds is 1. The van der Waals surface area contributed by atoms with Crippen LogP contribution in [0.2, 0.25) is 0 Å². The van der Waals surface area contributed by atoms with Crippen molar-refractivity contribution < 1.29 is 4.42 Å². The smallest absolute Gasteiger partial charge is 0.372 e. The van der Waals surface area contributed by atoms with Crippen LogP contribution >= 0.6 is 11.3 Å². The first-order valence-corrected chi connectivity index (χ1v) is 4.77. The number of hydrogen-bond acceptors (Lipinski definition) is 5. The van der Waals surface area contributed by atoms with Crippen LogP contribution in [0.25, 0.3) is 10.2 Å². The molecule has 0 unspecified atom stereocenters. The summed E-state index contributed by atoms with van der Waals surface area (Å²) in [5.41, 5.74) is 4.84. The van der Waals surface area contributed by atoms with E-state index in [1.807, 2.05) is 0 Å². The van der Waals surface area contributed by atoms with E-state index in [2.05, 4.69) is 4.42 Å². The molecule has 0 bridgehead atoms. The summed E-state index contributed by atoms with van der Waals surface area (Å²) < 4.78 is 5.80. The van der Waals surface area contributed by atoms with Gasteiger partial charge in [0.05, 0.1) is 5.39 Å². The van der Waals surface area contributed by atoms with E-state index in [0.717, 1.165) is 4.88 Å². The Hall–Kier alpha value is -1.40. The number of aromatic nitrogens is 1. The molecule has 5 nitrogen and oxygen atoms in total. The molecule has 0 atom stereocenters. The van der Waals surface area contributed by atoms with Crippen LogP contribution in [0, 0.1) is 0 Å². The highest BCUT2D eigenvalue weighted by atomic mass is 32.1. The fourth-order valence-corrected chi connectivity index (χ4v) is 2.19. The quantitative estimate of drug-likeness (QED) is 0.722. The fourth-order valence-electron chi connectivity index (χ4n) is 1.21. The van der Waals surface area contributed by atoms with Gasteiger partial charge in [-0.05, 0) is 6.07 Å². The molecule has 0 spiro atoms. The Balaban J connectivity index is 2.99. The second-order valence-electron chi connectivity index (χ2n) is 2.85. The molecule has 2 aromatic rings. The molecular weight excluding hydrogens is 204 g/mol. The van der Waals surface area contributed by atoms with Crippen LogP contribution in [0.4, 0.5) is 0 Å². The largest absolute Gasteiger partial charge is 0.422 e. The molecule has 2 rings (SSSR count). The number of nitrogens with two attached hydrogens (primary N) is 1. The zero-order valence-electron chi connectivity index (χ0n) is 7.44. The molecule has 74 valence electrons. The van der Waals surface area contributed by atoms with Crippen molar-refractivity contribution >= 4 is 21.6 Å². The minimum absolute atomic E-state index is 0.354. The molecule has 2 N–H and O–H groups in total. The number of hydrogen-bond donors (Lipinski definition) is 1. The average Bonchev–Trinajstić information content (AvgIpc) is 2.58. The third-order valence-electron chi connectivity index (χ3n) is 1.94. The van der Waals surface area contributed by atoms with E-state index >= 15 is 0 Å². The van der Waals surface area contributed by atoms with Gasteiger partial charge in [-0.15, -0.1) is 11.3 Å². The van der Waals surface area contributed by atoms with Crippen molar-refractivity contribution in [3.05, 3.63) is 31.9 Å². The van der Waals surface area contributed by atoms with E-state index in [4.69, 9.17) is 5.73 Å². The zero-order chi connectivity index (χ0) is 10.3. The maximum atomic E-state index is 11.3. The lowest BCUT2D eigenvalue weighted by Gasteiger charge is -1.94. The predicted octanol–water partition coefficient (Wildman–Crippen LogP) is 0.0119. The summed E-state index contributed by atoms with van der Waals surface area (Å²) in [6.45, 7) is 0.354. The van der Waals surface area contributed by atoms with E-state index in [-0.39, 0.29) is 0 Å². The highest BCUT2D eigenvalue weighted by Gasteiger charge is 2.10. The number of aryl methyl sites for hydroxylation is 1. The number of thiophene rings is 1. The van der Waals surface area contributed by atoms with Crippen LogP contribution in [0.3, 0.4) is 0 Å². The van der Waals surface area contributed by atoms with E-state index in [0.29, 0.717) is 16.8 Å². The maximum Gasteiger partial charge on any atom is 0.422 e. The van der Waals surface area contributed by atoms with E-state index in [9.17, 15) is 9.59 Å². The highest BCUT2D eigenvalue weighted by Crippen LogP contribution is 2.20. The Morgan fingerprint density at radius 2 is 2.29 bits per heavy atom. The Morgan fingerprint density at radius 1 is 1.57 bits per heavy atom. The zero-order valence-corrected chi connectivity index (χ0v) is 8.26. The third-order valence-corrected chi connectivity index (χ3v) is 3.18. The van der Waals surface area contributed by atoms with Gasteiger partial charge >= 0.3 is 11.4 Å². The van der Waals surface area contributed by atoms with Gasteiger partial charge in [0, 0.05) is 18.5 Å². The van der Waals surface area contributed by atoms with Crippen molar-refractivity contribution in [2.75, 3.05) is 0 Å². The molecule has 0 aliphatic rings. The minimum Gasteiger partial charge on any atom is -0.372 e. The Kier molecular flexibility index (Phi) is 2.01. The average molecular weight is 212 g/mol. The Labute approximate surface area is 82.4 Å². The Morgan fingerprint density at radius 3 is 2.93 bits per heavy atom. The highest BCUT2D eigenvalue weighted by molar-refractivity contribution is 7.18. The van der Waals surface area contributed by atoms with Crippen LogP contribution in [-0.4, -0.2) is 4.57 Å². The van der Waals surface area contributed by atoms with Gasteiger partial charge in [-0.1, -0.05) is 0 Å². The molecule has 0 saturated carbocycles. The third kappa shape index (κ3) is 1.19. The van der Waals surface area contributed by atoms with E-state index < -0.39 is 11.4 Å². The maximum absolute atomic E-state index is 11.3. The van der Waals surface area contributed by atoms with Crippen LogP contribution in [0.1, 0.15) is 4.88 Å². The first-order valence-electron chi connectivity index (χ1n) is 3.96. The summed E-state index contributed by atoms with van der Waals surface area (Å²) in [7, 11) is 1.56. The first kappa shape index (κ1) is 9.17. The van der Waals surface area contributed by atoms with Crippen LogP contribution in [-0.2, 0) is 13.6 Å². The summed E-state index contributed by atoms with van der Waals surface area (Å²) in [6, 6.07) is 1.66. The van der Waals surface area contributed by atoms with E-state index in [1.54, 1.807) is 13.1 Å². The number of nitrogens with zero attached hydrogens (tertiary/aromatic N) is 1. The summed E-state index contributed by atoms with van der Waals surface area (Å²) in [6.07, 6.45) is 0. The molecule has 0 aromatic carbocycles. The van der Waals surface area contributed by atoms with Crippen LogP contribution in [0.5, 0.6) is 0 Å².